The molecule has 0 fully saturated rings. The molecule has 7 nitrogen and oxygen atoms in total. The Kier molecular flexibility index (Phi) is 19.8. The fourth-order valence-corrected chi connectivity index (χ4v) is 3.26. The summed E-state index contributed by atoms with van der Waals surface area (Å²) in [6.45, 7) is 1.53. The summed E-state index contributed by atoms with van der Waals surface area (Å²) in [7, 11) is -4.62. The first kappa shape index (κ1) is 29.8. The highest BCUT2D eigenvalue weighted by Crippen LogP contribution is 2.35. The minimum atomic E-state index is -4.62. The molecule has 8 heteroatoms. The van der Waals surface area contributed by atoms with Crippen molar-refractivity contribution >= 4 is 13.7 Å². The lowest BCUT2D eigenvalue weighted by molar-refractivity contribution is -0.117. The number of hydrogen-bond acceptors (Lipinski definition) is 4. The van der Waals surface area contributed by atoms with Crippen LogP contribution >= 0.6 is 7.82 Å². The van der Waals surface area contributed by atoms with Crippen molar-refractivity contribution in [2.75, 3.05) is 13.2 Å². The van der Waals surface area contributed by atoms with Crippen molar-refractivity contribution in [3.63, 3.8) is 0 Å². The summed E-state index contributed by atoms with van der Waals surface area (Å²) in [5.74, 6) is -0.412. The van der Waals surface area contributed by atoms with Gasteiger partial charge in [0, 0.05) is 12.6 Å². The average molecular weight is 460 g/mol. The van der Waals surface area contributed by atoms with E-state index in [9.17, 15) is 14.5 Å². The second kappa shape index (κ2) is 20.7. The van der Waals surface area contributed by atoms with E-state index >= 15 is 0 Å². The minimum Gasteiger partial charge on any atom is -0.389 e. The summed E-state index contributed by atoms with van der Waals surface area (Å²) in [4.78, 5) is 28.6. The van der Waals surface area contributed by atoms with Gasteiger partial charge >= 0.3 is 7.82 Å². The monoisotopic (exact) mass is 459 g/mol. The van der Waals surface area contributed by atoms with Gasteiger partial charge in [0.15, 0.2) is 0 Å². The van der Waals surface area contributed by atoms with Crippen LogP contribution in [0.5, 0.6) is 0 Å². The van der Waals surface area contributed by atoms with Crippen LogP contribution in [0.4, 0.5) is 0 Å². The number of aliphatic hydroxyl groups is 1. The van der Waals surface area contributed by atoms with Crippen molar-refractivity contribution in [3.05, 3.63) is 36.5 Å². The Hall–Kier alpha value is -1.24. The maximum absolute atomic E-state index is 11.6. The van der Waals surface area contributed by atoms with Crippen LogP contribution in [-0.2, 0) is 13.9 Å². The third-order valence-corrected chi connectivity index (χ3v) is 5.12. The van der Waals surface area contributed by atoms with Gasteiger partial charge in [-0.25, -0.2) is 4.57 Å². The summed E-state index contributed by atoms with van der Waals surface area (Å²) in [6, 6.07) is 0. The topological polar surface area (TPSA) is 116 Å². The van der Waals surface area contributed by atoms with Crippen LogP contribution in [-0.4, -0.2) is 40.1 Å². The SMILES string of the molecule is CCCCCCCCCCCCCC=CC=CC=CC(=O)NCC(O)COP(=O)(O)O. The summed E-state index contributed by atoms with van der Waals surface area (Å²) in [5.41, 5.74) is 0. The third-order valence-electron chi connectivity index (χ3n) is 4.64. The van der Waals surface area contributed by atoms with Gasteiger partial charge in [0.25, 0.3) is 0 Å². The van der Waals surface area contributed by atoms with Gasteiger partial charge in [-0.15, -0.1) is 0 Å². The molecule has 31 heavy (non-hydrogen) atoms. The van der Waals surface area contributed by atoms with Gasteiger partial charge in [-0.2, -0.15) is 0 Å². The molecule has 1 amide bonds. The van der Waals surface area contributed by atoms with Crippen molar-refractivity contribution < 1.29 is 28.8 Å². The molecule has 0 rings (SSSR count). The van der Waals surface area contributed by atoms with E-state index < -0.39 is 26.4 Å². The number of aliphatic hydroxyl groups excluding tert-OH is 1. The highest BCUT2D eigenvalue weighted by atomic mass is 31.2. The Bertz CT molecular complexity index is 570. The van der Waals surface area contributed by atoms with Crippen LogP contribution in [0.3, 0.4) is 0 Å². The van der Waals surface area contributed by atoms with E-state index in [0.29, 0.717) is 0 Å². The molecule has 1 atom stereocenters. The van der Waals surface area contributed by atoms with Gasteiger partial charge in [-0.1, -0.05) is 102 Å². The maximum atomic E-state index is 11.6. The molecule has 1 unspecified atom stereocenters. The van der Waals surface area contributed by atoms with Crippen LogP contribution in [0.15, 0.2) is 36.5 Å². The summed E-state index contributed by atoms with van der Waals surface area (Å²) < 4.78 is 14.7. The normalized spacial score (nSPS) is 13.5. The molecule has 0 aliphatic carbocycles. The number of carbonyl (C=O) groups is 1. The molecular weight excluding hydrogens is 417 g/mol. The van der Waals surface area contributed by atoms with Gasteiger partial charge in [0.1, 0.15) is 0 Å². The summed E-state index contributed by atoms with van der Waals surface area (Å²) in [6.07, 6.45) is 25.2. The zero-order chi connectivity index (χ0) is 23.2. The lowest BCUT2D eigenvalue weighted by Crippen LogP contribution is -2.33. The number of unbranched alkanes of at least 4 members (excludes halogenated alkanes) is 11. The average Bonchev–Trinajstić information content (AvgIpc) is 2.72. The van der Waals surface area contributed by atoms with Crippen molar-refractivity contribution in [1.29, 1.82) is 0 Å². The molecule has 180 valence electrons. The number of nitrogens with one attached hydrogen (secondary N) is 1. The van der Waals surface area contributed by atoms with Gasteiger partial charge in [0.05, 0.1) is 12.7 Å². The predicted molar refractivity (Wildman–Crippen MR) is 126 cm³/mol. The van der Waals surface area contributed by atoms with Crippen LogP contribution < -0.4 is 5.32 Å². The summed E-state index contributed by atoms with van der Waals surface area (Å²) in [5, 5.41) is 11.9. The summed E-state index contributed by atoms with van der Waals surface area (Å²) >= 11 is 0. The molecule has 0 aromatic heterocycles. The van der Waals surface area contributed by atoms with E-state index in [1.807, 2.05) is 12.2 Å². The molecule has 4 N–H and O–H groups in total. The molecule has 0 heterocycles. The molecule has 0 saturated heterocycles. The van der Waals surface area contributed by atoms with Crippen LogP contribution in [0.2, 0.25) is 0 Å². The number of phosphoric ester groups is 1. The fraction of sp³-hybridized carbons (Fsp3) is 0.696. The first-order valence-corrected chi connectivity index (χ1v) is 13.0. The van der Waals surface area contributed by atoms with Crippen molar-refractivity contribution in [3.8, 4) is 0 Å². The lowest BCUT2D eigenvalue weighted by atomic mass is 10.1. The lowest BCUT2D eigenvalue weighted by Gasteiger charge is -2.11. The van der Waals surface area contributed by atoms with Crippen molar-refractivity contribution in [1.82, 2.24) is 5.32 Å². The van der Waals surface area contributed by atoms with Gasteiger partial charge in [-0.3, -0.25) is 9.32 Å². The van der Waals surface area contributed by atoms with E-state index in [1.54, 1.807) is 12.2 Å². The molecule has 0 saturated carbocycles. The van der Waals surface area contributed by atoms with Crippen molar-refractivity contribution in [2.45, 2.75) is 90.1 Å². The van der Waals surface area contributed by atoms with E-state index in [2.05, 4.69) is 22.8 Å². The first-order chi connectivity index (χ1) is 14.8. The van der Waals surface area contributed by atoms with E-state index in [0.717, 1.165) is 6.42 Å². The quantitative estimate of drug-likeness (QED) is 0.0887. The predicted octanol–water partition coefficient (Wildman–Crippen LogP) is 4.94. The molecule has 0 aliphatic rings. The Labute approximate surface area is 187 Å². The second-order valence-corrected chi connectivity index (χ2v) is 8.92. The van der Waals surface area contributed by atoms with E-state index in [4.69, 9.17) is 9.79 Å². The number of amides is 1. The largest absolute Gasteiger partial charge is 0.469 e. The third kappa shape index (κ3) is 24.9. The highest BCUT2D eigenvalue weighted by molar-refractivity contribution is 7.46. The number of phosphoric acid groups is 1. The Balaban J connectivity index is 3.57. The number of carbonyl (C=O) groups excluding carboxylic acids is 1. The number of allylic oxidation sites excluding steroid dienone is 5. The molecule has 0 bridgehead atoms. The maximum Gasteiger partial charge on any atom is 0.469 e. The van der Waals surface area contributed by atoms with Gasteiger partial charge in [-0.05, 0) is 12.8 Å². The van der Waals surface area contributed by atoms with Gasteiger partial charge < -0.3 is 20.2 Å². The first-order valence-electron chi connectivity index (χ1n) is 11.5. The van der Waals surface area contributed by atoms with E-state index in [1.165, 1.54) is 76.7 Å². The Morgan fingerprint density at radius 3 is 2.03 bits per heavy atom. The molecule has 0 aromatic rings. The van der Waals surface area contributed by atoms with Crippen LogP contribution in [0, 0.1) is 0 Å². The van der Waals surface area contributed by atoms with Gasteiger partial charge in [0.2, 0.25) is 5.91 Å². The Morgan fingerprint density at radius 1 is 0.903 bits per heavy atom. The highest BCUT2D eigenvalue weighted by Gasteiger charge is 2.16. The molecule has 0 spiro atoms. The Morgan fingerprint density at radius 2 is 1.45 bits per heavy atom. The van der Waals surface area contributed by atoms with Crippen LogP contribution in [0.25, 0.3) is 0 Å². The molecular formula is C23H42NO6P. The van der Waals surface area contributed by atoms with E-state index in [-0.39, 0.29) is 6.54 Å². The second-order valence-electron chi connectivity index (χ2n) is 7.68. The molecule has 0 radical (unpaired) electrons. The zero-order valence-corrected chi connectivity index (χ0v) is 19.8. The standard InChI is InChI=1S/C23H42NO6P/c1-2-3-4-5-6-7-8-9-10-11-12-13-14-15-16-17-18-19-23(26)24-20-22(25)21-30-31(27,28)29/h14-19,22,25H,2-13,20-21H2,1H3,(H,24,26)(H2,27,28,29). The van der Waals surface area contributed by atoms with Crippen LogP contribution in [0.1, 0.15) is 84.0 Å². The number of hydrogen-bond donors (Lipinski definition) is 4. The minimum absolute atomic E-state index is 0.161. The smallest absolute Gasteiger partial charge is 0.389 e. The molecule has 0 aromatic carbocycles. The van der Waals surface area contributed by atoms with Crippen molar-refractivity contribution in [2.24, 2.45) is 0 Å². The zero-order valence-electron chi connectivity index (χ0n) is 19.0. The molecule has 0 aliphatic heterocycles. The fourth-order valence-electron chi connectivity index (χ4n) is 2.89. The number of rotatable bonds is 20.